The number of hydrogen-bond acceptors (Lipinski definition) is 11. The van der Waals surface area contributed by atoms with E-state index >= 15 is 0 Å². The van der Waals surface area contributed by atoms with Crippen LogP contribution in [0.1, 0.15) is 53.4 Å². The molecule has 0 bridgehead atoms. The monoisotopic (exact) mass is 1300 g/mol. The van der Waals surface area contributed by atoms with Crippen molar-refractivity contribution in [2.24, 2.45) is 0 Å². The van der Waals surface area contributed by atoms with Gasteiger partial charge in [0.2, 0.25) is 6.29 Å². The molecule has 0 atom stereocenters. The summed E-state index contributed by atoms with van der Waals surface area (Å²) in [6.45, 7) is 4.00. The van der Waals surface area contributed by atoms with E-state index < -0.39 is 23.6 Å². The number of halogens is 14. The maximum atomic E-state index is 11.3. The zero-order valence-corrected chi connectivity index (χ0v) is 47.6. The molecule has 0 radical (unpaired) electrons. The summed E-state index contributed by atoms with van der Waals surface area (Å²) in [7, 11) is 0. The summed E-state index contributed by atoms with van der Waals surface area (Å²) >= 11 is 65.6. The van der Waals surface area contributed by atoms with Crippen molar-refractivity contribution in [1.82, 2.24) is 40.8 Å². The van der Waals surface area contributed by atoms with Crippen LogP contribution in [0.25, 0.3) is 54.3 Å². The highest BCUT2D eigenvalue weighted by Gasteiger charge is 2.25. The van der Waals surface area contributed by atoms with E-state index in [2.05, 4.69) is 50.6 Å². The van der Waals surface area contributed by atoms with Crippen LogP contribution in [0.5, 0.6) is 0 Å². The third-order valence-electron chi connectivity index (χ3n) is 11.6. The van der Waals surface area contributed by atoms with Gasteiger partial charge in [0, 0.05) is 64.1 Å². The minimum atomic E-state index is -4.64. The second-order valence-corrected chi connectivity index (χ2v) is 21.1. The Morgan fingerprint density at radius 1 is 0.418 bits per heavy atom. The molecule has 13 nitrogen and oxygen atoms in total. The van der Waals surface area contributed by atoms with Gasteiger partial charge in [-0.3, -0.25) is 24.6 Å². The molecule has 0 aliphatic carbocycles. The van der Waals surface area contributed by atoms with E-state index in [1.165, 1.54) is 50.7 Å². The number of H-pyrrole nitrogens is 2. The second kappa shape index (κ2) is 29.3. The fraction of sp³-hybridized carbons (Fsp3) is 0.250. The van der Waals surface area contributed by atoms with Crippen molar-refractivity contribution in [2.45, 2.75) is 59.6 Å². The molecular formula is C52H44Cl11F3N10O3. The number of nitrogens with one attached hydrogen (secondary N) is 2. The summed E-state index contributed by atoms with van der Waals surface area (Å²) in [5.41, 5.74) is 1.06. The van der Waals surface area contributed by atoms with Gasteiger partial charge in [-0.1, -0.05) is 173 Å². The van der Waals surface area contributed by atoms with Gasteiger partial charge in [-0.2, -0.15) is 13.2 Å². The molecule has 0 spiro atoms. The Morgan fingerprint density at radius 3 is 1.08 bits per heavy atom. The minimum absolute atomic E-state index is 0. The smallest absolute Gasteiger partial charge is 0.355 e. The van der Waals surface area contributed by atoms with Gasteiger partial charge >= 0.3 is 6.18 Å². The quantitative estimate of drug-likeness (QED) is 0.162. The summed E-state index contributed by atoms with van der Waals surface area (Å²) in [4.78, 5) is 35.8. The highest BCUT2D eigenvalue weighted by atomic mass is 35.5. The van der Waals surface area contributed by atoms with Crippen molar-refractivity contribution >= 4 is 189 Å². The van der Waals surface area contributed by atoms with Gasteiger partial charge in [0.15, 0.2) is 27.1 Å². The topological polar surface area (TPSA) is 167 Å². The van der Waals surface area contributed by atoms with Crippen LogP contribution in [0.3, 0.4) is 0 Å². The number of anilines is 2. The highest BCUT2D eigenvalue weighted by molar-refractivity contribution is 6.46. The second-order valence-electron chi connectivity index (χ2n) is 16.7. The van der Waals surface area contributed by atoms with E-state index in [-0.39, 0.29) is 46.0 Å². The van der Waals surface area contributed by atoms with Crippen molar-refractivity contribution < 1.29 is 18.0 Å². The van der Waals surface area contributed by atoms with Crippen molar-refractivity contribution in [1.29, 1.82) is 0 Å². The molecular weight excluding hydrogens is 1260 g/mol. The normalized spacial score (nSPS) is 13.1. The lowest BCUT2D eigenvalue weighted by Gasteiger charge is -2.28. The number of nitrogens with zero attached hydrogens (tertiary/aromatic N) is 8. The first-order valence-electron chi connectivity index (χ1n) is 22.8. The molecule has 6 heterocycles. The Kier molecular flexibility index (Phi) is 24.2. The number of carbonyl (C=O) groups is 1. The van der Waals surface area contributed by atoms with Crippen molar-refractivity contribution in [3.8, 4) is 11.3 Å². The summed E-state index contributed by atoms with van der Waals surface area (Å²) in [6.07, 6.45) is 1.56. The number of carbonyl (C=O) groups excluding carboxylic acids is 1. The van der Waals surface area contributed by atoms with E-state index in [4.69, 9.17) is 132 Å². The Hall–Kier alpha value is -4.69. The molecule has 9 aromatic rings. The van der Waals surface area contributed by atoms with E-state index in [1.807, 2.05) is 48.5 Å². The molecule has 11 rings (SSSR count). The van der Waals surface area contributed by atoms with Gasteiger partial charge in [-0.05, 0) is 87.1 Å². The van der Waals surface area contributed by atoms with Crippen molar-refractivity contribution in [2.75, 3.05) is 36.0 Å². The summed E-state index contributed by atoms with van der Waals surface area (Å²) in [5.74, 6) is 1.75. The number of benzene rings is 5. The lowest BCUT2D eigenvalue weighted by atomic mass is 10.0. The first kappa shape index (κ1) is 65.1. The van der Waals surface area contributed by atoms with Gasteiger partial charge in [-0.25, -0.2) is 0 Å². The number of aromatic amines is 2. The lowest BCUT2D eigenvalue weighted by Crippen LogP contribution is -2.30. The van der Waals surface area contributed by atoms with Gasteiger partial charge in [0.1, 0.15) is 5.69 Å². The van der Waals surface area contributed by atoms with Crippen LogP contribution < -0.4 is 20.9 Å². The maximum Gasteiger partial charge on any atom is 0.446 e. The van der Waals surface area contributed by atoms with E-state index in [9.17, 15) is 22.8 Å². The van der Waals surface area contributed by atoms with E-state index in [1.54, 1.807) is 18.2 Å². The standard InChI is InChI=1S/C19H17Cl2N3.C13H12Cl3N3.C8H2Cl4N2.C8H4Cl2N2O2.C2HF3O.2CH4/c20-16-11-14-15(12-17(16)21)19(24-9-5-2-6-10-24)23-22-18(14)13-7-3-1-4-8-13;14-10-6-8-9(7-11(10)15)13(18-17-12(8)16)19-4-2-1-3-5-19;9-5-1-3-4(2-6(5)10)8(12)14-13-7(3)11;9-5-1-3-4(2-6(5)10)8(14)12-11-7(3)13;3-2(4,5)1-6;;/h1,3-4,7-8,11-12H,2,5-6,9-10H2;6-7H,1-5H2;1-2H;1-2H,(H,11,13)(H,12,14);1H;2*1H4. The zero-order valence-electron chi connectivity index (χ0n) is 39.2. The Bertz CT molecular complexity index is 3640. The summed E-state index contributed by atoms with van der Waals surface area (Å²) in [5, 5.41) is 38.8. The average molecular weight is 1300 g/mol. The molecule has 0 unspecified atom stereocenters. The van der Waals surface area contributed by atoms with Gasteiger partial charge < -0.3 is 9.80 Å². The SMILES string of the molecule is C.C.Clc1cc2c(-c3ccccc3)nnc(N3CCCCC3)c2cc1Cl.Clc1cc2c(Cl)nnc(Cl)c2cc1Cl.Clc1cc2c(Cl)nnc(N3CCCCC3)c2cc1Cl.O=CC(F)(F)F.O=c1[nH][nH]c(=O)c2cc(Cl)c(Cl)cc12. The number of piperidine rings is 2. The van der Waals surface area contributed by atoms with E-state index in [0.717, 1.165) is 70.6 Å². The zero-order chi connectivity index (χ0) is 55.7. The van der Waals surface area contributed by atoms with Crippen LogP contribution in [0.2, 0.25) is 55.6 Å². The number of aldehydes is 1. The molecule has 4 aromatic heterocycles. The van der Waals surface area contributed by atoms with Gasteiger partial charge in [0.05, 0.1) is 51.0 Å². The van der Waals surface area contributed by atoms with Crippen LogP contribution in [0.15, 0.2) is 88.5 Å². The number of alkyl halides is 3. The lowest BCUT2D eigenvalue weighted by molar-refractivity contribution is -0.156. The Balaban J connectivity index is 0.000000190. The maximum absolute atomic E-state index is 11.3. The van der Waals surface area contributed by atoms with E-state index in [0.29, 0.717) is 46.1 Å². The fourth-order valence-corrected chi connectivity index (χ4v) is 9.87. The van der Waals surface area contributed by atoms with Crippen molar-refractivity contribution in [3.63, 3.8) is 0 Å². The highest BCUT2D eigenvalue weighted by Crippen LogP contribution is 2.39. The van der Waals surface area contributed by atoms with Crippen molar-refractivity contribution in [3.05, 3.63) is 155 Å². The number of aromatic nitrogens is 8. The molecule has 2 aliphatic heterocycles. The average Bonchev–Trinajstić information content (AvgIpc) is 3.47. The predicted molar refractivity (Wildman–Crippen MR) is 322 cm³/mol. The summed E-state index contributed by atoms with van der Waals surface area (Å²) in [6, 6.07) is 23.4. The fourth-order valence-electron chi connectivity index (χ4n) is 7.98. The van der Waals surface area contributed by atoms with Gasteiger partial charge in [-0.15, -0.1) is 30.6 Å². The molecule has 0 saturated carbocycles. The molecule has 2 aliphatic rings. The molecule has 0 amide bonds. The molecule has 5 aromatic carbocycles. The summed E-state index contributed by atoms with van der Waals surface area (Å²) < 4.78 is 31.2. The predicted octanol–water partition coefficient (Wildman–Crippen LogP) is 18.0. The van der Waals surface area contributed by atoms with Crippen LogP contribution in [-0.2, 0) is 4.79 Å². The van der Waals surface area contributed by atoms with Crippen LogP contribution in [-0.4, -0.2) is 79.4 Å². The molecule has 418 valence electrons. The Labute approximate surface area is 505 Å². The van der Waals surface area contributed by atoms with Crippen LogP contribution >= 0.6 is 128 Å². The largest absolute Gasteiger partial charge is 0.446 e. The number of fused-ring (bicyclic) bond motifs is 4. The minimum Gasteiger partial charge on any atom is -0.355 e. The number of rotatable bonds is 3. The first-order chi connectivity index (χ1) is 36.6. The number of hydrogen-bond donors (Lipinski definition) is 2. The molecule has 27 heteroatoms. The molecule has 2 fully saturated rings. The Morgan fingerprint density at radius 2 is 0.709 bits per heavy atom. The van der Waals surface area contributed by atoms with Gasteiger partial charge in [0.25, 0.3) is 11.1 Å². The third-order valence-corrected chi connectivity index (χ3v) is 15.3. The first-order valence-corrected chi connectivity index (χ1v) is 26.9. The molecule has 79 heavy (non-hydrogen) atoms. The van der Waals surface area contributed by atoms with Crippen LogP contribution in [0.4, 0.5) is 24.8 Å². The third kappa shape index (κ3) is 16.5. The molecule has 2 N–H and O–H groups in total. The molecule has 2 saturated heterocycles. The van der Waals surface area contributed by atoms with Crippen LogP contribution in [0, 0.1) is 0 Å².